The zero-order chi connectivity index (χ0) is 23.1. The number of carbonyl (C=O) groups excluding carboxylic acids is 2. The molecule has 4 nitrogen and oxygen atoms in total. The molecule has 1 unspecified atom stereocenters. The molecule has 1 fully saturated rings. The monoisotopic (exact) mass is 439 g/mol. The van der Waals surface area contributed by atoms with E-state index in [9.17, 15) is 14.7 Å². The third kappa shape index (κ3) is 3.68. The molecule has 3 aromatic rings. The summed E-state index contributed by atoms with van der Waals surface area (Å²) in [6.07, 6.45) is 1.36. The average molecular weight is 440 g/mol. The Bertz CT molecular complexity index is 1140. The number of nitrogens with zero attached hydrogens (tertiary/aromatic N) is 1. The fourth-order valence-electron chi connectivity index (χ4n) is 5.75. The molecule has 5 atom stereocenters. The van der Waals surface area contributed by atoms with E-state index in [1.807, 2.05) is 37.3 Å². The van der Waals surface area contributed by atoms with Gasteiger partial charge in [0.25, 0.3) is 5.91 Å². The number of aliphatic hydroxyl groups excluding tert-OH is 1. The zero-order valence-corrected chi connectivity index (χ0v) is 19.0. The lowest BCUT2D eigenvalue weighted by Gasteiger charge is -2.29. The Morgan fingerprint density at radius 3 is 1.91 bits per heavy atom. The number of aliphatic hydroxyl groups is 1. The summed E-state index contributed by atoms with van der Waals surface area (Å²) in [6.45, 7) is 1.83. The van der Waals surface area contributed by atoms with E-state index in [1.165, 1.54) is 11.1 Å². The number of ketones is 1. The van der Waals surface area contributed by atoms with Gasteiger partial charge in [0.15, 0.2) is 5.78 Å². The summed E-state index contributed by atoms with van der Waals surface area (Å²) in [4.78, 5) is 28.0. The van der Waals surface area contributed by atoms with Crippen molar-refractivity contribution in [1.82, 2.24) is 4.90 Å². The second-order valence-electron chi connectivity index (χ2n) is 9.40. The van der Waals surface area contributed by atoms with Crippen molar-refractivity contribution in [2.24, 2.45) is 5.92 Å². The average Bonchev–Trinajstić information content (AvgIpc) is 3.45. The Labute approximate surface area is 194 Å². The molecule has 5 rings (SSSR count). The summed E-state index contributed by atoms with van der Waals surface area (Å²) in [7, 11) is 1.70. The smallest absolute Gasteiger partial charge is 0.253 e. The molecule has 0 aromatic heterocycles. The van der Waals surface area contributed by atoms with Crippen LogP contribution in [-0.2, 0) is 0 Å². The van der Waals surface area contributed by atoms with Crippen LogP contribution in [0.5, 0.6) is 0 Å². The zero-order valence-electron chi connectivity index (χ0n) is 19.0. The van der Waals surface area contributed by atoms with Crippen LogP contribution >= 0.6 is 0 Å². The van der Waals surface area contributed by atoms with Gasteiger partial charge >= 0.3 is 0 Å². The number of hydrogen-bond acceptors (Lipinski definition) is 3. The predicted molar refractivity (Wildman–Crippen MR) is 128 cm³/mol. The summed E-state index contributed by atoms with van der Waals surface area (Å²) in [5.41, 5.74) is 4.64. The SMILES string of the molecule is C[C@H]([C@H](O)c1ccccc1)N(C)C(=O)c1ccc(C(=O)C2[C@@H]3CC[C@H]2c2ccccc23)cc1. The van der Waals surface area contributed by atoms with E-state index in [0.29, 0.717) is 23.0 Å². The quantitative estimate of drug-likeness (QED) is 0.527. The molecule has 3 aromatic carbocycles. The highest BCUT2D eigenvalue weighted by atomic mass is 16.3. The van der Waals surface area contributed by atoms with E-state index < -0.39 is 12.1 Å². The number of carbonyl (C=O) groups is 2. The normalized spacial score (nSPS) is 22.5. The Kier molecular flexibility index (Phi) is 5.63. The molecule has 0 radical (unpaired) electrons. The number of amides is 1. The summed E-state index contributed by atoms with van der Waals surface area (Å²) >= 11 is 0. The number of benzene rings is 3. The molecule has 2 bridgehead atoms. The van der Waals surface area contributed by atoms with E-state index in [-0.39, 0.29) is 17.6 Å². The Morgan fingerprint density at radius 2 is 1.33 bits per heavy atom. The predicted octanol–water partition coefficient (Wildman–Crippen LogP) is 5.35. The van der Waals surface area contributed by atoms with Crippen molar-refractivity contribution in [1.29, 1.82) is 0 Å². The Morgan fingerprint density at radius 1 is 0.818 bits per heavy atom. The van der Waals surface area contributed by atoms with Gasteiger partial charge in [-0.25, -0.2) is 0 Å². The highest BCUT2D eigenvalue weighted by Gasteiger charge is 2.49. The van der Waals surface area contributed by atoms with Gasteiger partial charge in [-0.3, -0.25) is 9.59 Å². The topological polar surface area (TPSA) is 57.6 Å². The van der Waals surface area contributed by atoms with Crippen molar-refractivity contribution in [3.63, 3.8) is 0 Å². The first-order valence-corrected chi connectivity index (χ1v) is 11.7. The summed E-state index contributed by atoms with van der Waals surface area (Å²) in [5.74, 6) is 0.634. The molecule has 33 heavy (non-hydrogen) atoms. The van der Waals surface area contributed by atoms with Gasteiger partial charge in [-0.2, -0.15) is 0 Å². The maximum absolute atomic E-state index is 13.4. The molecule has 1 amide bonds. The third-order valence-corrected chi connectivity index (χ3v) is 7.70. The minimum absolute atomic E-state index is 0.00710. The molecule has 0 spiro atoms. The van der Waals surface area contributed by atoms with Gasteiger partial charge in [-0.05, 0) is 60.4 Å². The van der Waals surface area contributed by atoms with E-state index in [4.69, 9.17) is 0 Å². The lowest BCUT2D eigenvalue weighted by molar-refractivity contribution is 0.0487. The third-order valence-electron chi connectivity index (χ3n) is 7.70. The number of hydrogen-bond donors (Lipinski definition) is 1. The van der Waals surface area contributed by atoms with Gasteiger partial charge in [0, 0.05) is 24.1 Å². The standard InChI is InChI=1S/C29H29NO3/c1-18(27(31)19-8-4-3-5-9-19)30(2)29(33)21-14-12-20(13-15-21)28(32)26-24-16-17-25(26)23-11-7-6-10-22(23)24/h3-15,18,24-27,31H,16-17H2,1-2H3/t18-,24-,25+,26?,27+/m1/s1. The minimum Gasteiger partial charge on any atom is -0.386 e. The van der Waals surface area contributed by atoms with Gasteiger partial charge in [-0.15, -0.1) is 0 Å². The second kappa shape index (κ2) is 8.60. The second-order valence-corrected chi connectivity index (χ2v) is 9.40. The Hall–Kier alpha value is -3.24. The van der Waals surface area contributed by atoms with Crippen LogP contribution in [0.3, 0.4) is 0 Å². The lowest BCUT2D eigenvalue weighted by atomic mass is 9.87. The number of Topliss-reactive ketones (excluding diaryl/α,β-unsaturated/α-hetero) is 1. The summed E-state index contributed by atoms with van der Waals surface area (Å²) < 4.78 is 0. The van der Waals surface area contributed by atoms with Crippen LogP contribution in [0.1, 0.15) is 75.1 Å². The van der Waals surface area contributed by atoms with E-state index in [0.717, 1.165) is 18.4 Å². The van der Waals surface area contributed by atoms with E-state index in [2.05, 4.69) is 24.3 Å². The first kappa shape index (κ1) is 21.6. The van der Waals surface area contributed by atoms with Crippen LogP contribution in [0, 0.1) is 5.92 Å². The molecule has 0 saturated heterocycles. The molecular weight excluding hydrogens is 410 g/mol. The summed E-state index contributed by atoms with van der Waals surface area (Å²) in [5, 5.41) is 10.7. The molecule has 1 N–H and O–H groups in total. The first-order chi connectivity index (χ1) is 16.0. The minimum atomic E-state index is -0.777. The number of rotatable bonds is 6. The van der Waals surface area contributed by atoms with Crippen LogP contribution in [0.2, 0.25) is 0 Å². The number of likely N-dealkylation sites (N-methyl/N-ethyl adjacent to an activating group) is 1. The van der Waals surface area contributed by atoms with Gasteiger partial charge < -0.3 is 10.0 Å². The maximum Gasteiger partial charge on any atom is 0.253 e. The van der Waals surface area contributed by atoms with Crippen LogP contribution in [0.15, 0.2) is 78.9 Å². The first-order valence-electron chi connectivity index (χ1n) is 11.7. The van der Waals surface area contributed by atoms with Gasteiger partial charge in [0.2, 0.25) is 0 Å². The van der Waals surface area contributed by atoms with Gasteiger partial charge in [0.05, 0.1) is 12.1 Å². The van der Waals surface area contributed by atoms with Crippen molar-refractivity contribution < 1.29 is 14.7 Å². The van der Waals surface area contributed by atoms with Crippen molar-refractivity contribution >= 4 is 11.7 Å². The fraction of sp³-hybridized carbons (Fsp3) is 0.310. The molecule has 2 aliphatic rings. The van der Waals surface area contributed by atoms with Crippen LogP contribution in [-0.4, -0.2) is 34.8 Å². The largest absolute Gasteiger partial charge is 0.386 e. The van der Waals surface area contributed by atoms with Gasteiger partial charge in [0.1, 0.15) is 0 Å². The highest BCUT2D eigenvalue weighted by molar-refractivity contribution is 6.01. The van der Waals surface area contributed by atoms with E-state index in [1.54, 1.807) is 36.2 Å². The molecule has 168 valence electrons. The summed E-state index contributed by atoms with van der Waals surface area (Å²) in [6, 6.07) is 24.5. The highest BCUT2D eigenvalue weighted by Crippen LogP contribution is 2.57. The van der Waals surface area contributed by atoms with E-state index >= 15 is 0 Å². The Balaban J connectivity index is 1.30. The van der Waals surface area contributed by atoms with Crippen LogP contribution in [0.25, 0.3) is 0 Å². The fourth-order valence-corrected chi connectivity index (χ4v) is 5.75. The van der Waals surface area contributed by atoms with Crippen molar-refractivity contribution in [2.75, 3.05) is 7.05 Å². The molecule has 2 aliphatic carbocycles. The lowest BCUT2D eigenvalue weighted by Crippen LogP contribution is -2.39. The molecule has 4 heteroatoms. The molecule has 0 heterocycles. The molecular formula is C29H29NO3. The van der Waals surface area contributed by atoms with Crippen molar-refractivity contribution in [2.45, 2.75) is 43.7 Å². The van der Waals surface area contributed by atoms with Crippen LogP contribution in [0.4, 0.5) is 0 Å². The van der Waals surface area contributed by atoms with Crippen molar-refractivity contribution in [3.05, 3.63) is 107 Å². The molecule has 1 saturated carbocycles. The van der Waals surface area contributed by atoms with Gasteiger partial charge in [-0.1, -0.05) is 66.7 Å². The maximum atomic E-state index is 13.4. The molecule has 0 aliphatic heterocycles. The van der Waals surface area contributed by atoms with Crippen LogP contribution < -0.4 is 0 Å². The number of fused-ring (bicyclic) bond motifs is 5. The van der Waals surface area contributed by atoms with Crippen molar-refractivity contribution in [3.8, 4) is 0 Å².